The summed E-state index contributed by atoms with van der Waals surface area (Å²) < 4.78 is 0.763. The average Bonchev–Trinajstić information content (AvgIpc) is 2.68. The van der Waals surface area contributed by atoms with Crippen molar-refractivity contribution in [1.82, 2.24) is 0 Å². The van der Waals surface area contributed by atoms with Crippen molar-refractivity contribution >= 4 is 28.3 Å². The Bertz CT molecular complexity index is 414. The van der Waals surface area contributed by atoms with Gasteiger partial charge in [-0.3, -0.25) is 0 Å². The fraction of sp³-hybridized carbons (Fsp3) is 0.667. The summed E-state index contributed by atoms with van der Waals surface area (Å²) in [5.74, 6) is 2.28. The lowest BCUT2D eigenvalue weighted by molar-refractivity contribution is 0.342. The van der Waals surface area contributed by atoms with Crippen molar-refractivity contribution in [3.8, 4) is 0 Å². The maximum absolute atomic E-state index is 2.57. The van der Waals surface area contributed by atoms with E-state index in [1.54, 1.807) is 0 Å². The molecule has 0 spiro atoms. The molecule has 0 N–H and O–H groups in total. The number of rotatable bonds is 5. The number of fused-ring (bicyclic) bond motifs is 1. The first kappa shape index (κ1) is 16.1. The predicted molar refractivity (Wildman–Crippen MR) is 98.1 cm³/mol. The number of hydrogen-bond acceptors (Lipinski definition) is 1. The Morgan fingerprint density at radius 2 is 1.85 bits per heavy atom. The molecular weight excluding hydrogens is 357 g/mol. The standard InChI is InChI=1S/C18H28IN/c1-12(13(2)15(4)19)10-11-17-14(3)16-8-6-7-9-18(16)20(17)5/h6-9,12-15,17H,10-11H2,1-5H3/t12-,13-,14+,15-,17?/m1/s1. The molecule has 20 heavy (non-hydrogen) atoms. The third-order valence-electron chi connectivity index (χ3n) is 5.42. The molecule has 1 aliphatic heterocycles. The zero-order valence-corrected chi connectivity index (χ0v) is 15.6. The largest absolute Gasteiger partial charge is 0.371 e. The van der Waals surface area contributed by atoms with Gasteiger partial charge >= 0.3 is 0 Å². The Morgan fingerprint density at radius 3 is 2.45 bits per heavy atom. The van der Waals surface area contributed by atoms with Gasteiger partial charge in [0.25, 0.3) is 0 Å². The number of nitrogens with zero attached hydrogens (tertiary/aromatic N) is 1. The third kappa shape index (κ3) is 3.15. The van der Waals surface area contributed by atoms with Crippen LogP contribution in [-0.2, 0) is 0 Å². The summed E-state index contributed by atoms with van der Waals surface area (Å²) >= 11 is 2.57. The van der Waals surface area contributed by atoms with Crippen molar-refractivity contribution in [2.75, 3.05) is 11.9 Å². The molecule has 0 radical (unpaired) electrons. The molecule has 1 unspecified atom stereocenters. The summed E-state index contributed by atoms with van der Waals surface area (Å²) in [6.45, 7) is 9.55. The number of alkyl halides is 1. The smallest absolute Gasteiger partial charge is 0.0402 e. The van der Waals surface area contributed by atoms with Gasteiger partial charge in [0.1, 0.15) is 0 Å². The molecule has 0 aliphatic carbocycles. The van der Waals surface area contributed by atoms with Crippen LogP contribution in [0, 0.1) is 11.8 Å². The molecule has 0 aromatic heterocycles. The normalized spacial score (nSPS) is 26.2. The van der Waals surface area contributed by atoms with E-state index in [0.29, 0.717) is 12.0 Å². The second kappa shape index (κ2) is 6.67. The first-order valence-electron chi connectivity index (χ1n) is 7.89. The monoisotopic (exact) mass is 385 g/mol. The van der Waals surface area contributed by atoms with Gasteiger partial charge in [0.2, 0.25) is 0 Å². The quantitative estimate of drug-likeness (QED) is 0.479. The molecule has 1 nitrogen and oxygen atoms in total. The van der Waals surface area contributed by atoms with E-state index in [2.05, 4.69) is 86.5 Å². The van der Waals surface area contributed by atoms with Crippen LogP contribution in [0.15, 0.2) is 24.3 Å². The first-order valence-corrected chi connectivity index (χ1v) is 9.13. The van der Waals surface area contributed by atoms with Crippen LogP contribution in [0.3, 0.4) is 0 Å². The molecule has 0 fully saturated rings. The Hall–Kier alpha value is -0.250. The minimum Gasteiger partial charge on any atom is -0.371 e. The maximum atomic E-state index is 2.57. The van der Waals surface area contributed by atoms with Gasteiger partial charge in [-0.1, -0.05) is 68.5 Å². The van der Waals surface area contributed by atoms with Crippen LogP contribution in [0.4, 0.5) is 5.69 Å². The van der Waals surface area contributed by atoms with E-state index >= 15 is 0 Å². The van der Waals surface area contributed by atoms with Gasteiger partial charge in [0, 0.05) is 28.6 Å². The first-order chi connectivity index (χ1) is 9.43. The molecule has 0 saturated carbocycles. The average molecular weight is 385 g/mol. The highest BCUT2D eigenvalue weighted by Crippen LogP contribution is 2.42. The van der Waals surface area contributed by atoms with Gasteiger partial charge in [-0.15, -0.1) is 0 Å². The SMILES string of the molecule is C[C@H]([C@H](C)CCC1[C@@H](C)c2ccccc2N1C)[C@@H](C)I. The van der Waals surface area contributed by atoms with E-state index in [9.17, 15) is 0 Å². The zero-order chi connectivity index (χ0) is 14.9. The number of benzene rings is 1. The third-order valence-corrected chi connectivity index (χ3v) is 6.56. The van der Waals surface area contributed by atoms with E-state index < -0.39 is 0 Å². The van der Waals surface area contributed by atoms with Crippen molar-refractivity contribution in [3.05, 3.63) is 29.8 Å². The molecule has 1 heterocycles. The summed E-state index contributed by atoms with van der Waals surface area (Å²) in [5.41, 5.74) is 2.97. The van der Waals surface area contributed by atoms with Crippen molar-refractivity contribution in [3.63, 3.8) is 0 Å². The molecule has 1 aliphatic rings. The van der Waals surface area contributed by atoms with Gasteiger partial charge in [-0.2, -0.15) is 0 Å². The van der Waals surface area contributed by atoms with Crippen LogP contribution in [0.25, 0.3) is 0 Å². The van der Waals surface area contributed by atoms with Crippen LogP contribution in [0.1, 0.15) is 52.0 Å². The van der Waals surface area contributed by atoms with Crippen LogP contribution in [-0.4, -0.2) is 17.0 Å². The van der Waals surface area contributed by atoms with Crippen molar-refractivity contribution in [2.45, 2.75) is 56.4 Å². The minimum atomic E-state index is 0.663. The number of likely N-dealkylation sites (N-methyl/N-ethyl adjacent to an activating group) is 1. The molecule has 1 aromatic carbocycles. The number of hydrogen-bond donors (Lipinski definition) is 0. The van der Waals surface area contributed by atoms with Crippen molar-refractivity contribution < 1.29 is 0 Å². The lowest BCUT2D eigenvalue weighted by Crippen LogP contribution is -2.30. The van der Waals surface area contributed by atoms with Crippen LogP contribution >= 0.6 is 22.6 Å². The van der Waals surface area contributed by atoms with Gasteiger partial charge in [0.05, 0.1) is 0 Å². The summed E-state index contributed by atoms with van der Waals surface area (Å²) in [6, 6.07) is 9.58. The minimum absolute atomic E-state index is 0.663. The molecule has 112 valence electrons. The van der Waals surface area contributed by atoms with Crippen LogP contribution < -0.4 is 4.90 Å². The summed E-state index contributed by atoms with van der Waals surface area (Å²) in [6.07, 6.45) is 2.64. The number of para-hydroxylation sites is 1. The highest BCUT2D eigenvalue weighted by Gasteiger charge is 2.33. The van der Waals surface area contributed by atoms with Gasteiger partial charge in [-0.05, 0) is 36.3 Å². The Balaban J connectivity index is 1.99. The topological polar surface area (TPSA) is 3.24 Å². The molecular formula is C18H28IN. The van der Waals surface area contributed by atoms with E-state index in [-0.39, 0.29) is 0 Å². The molecule has 1 aromatic rings. The molecule has 0 bridgehead atoms. The van der Waals surface area contributed by atoms with E-state index in [0.717, 1.165) is 15.8 Å². The van der Waals surface area contributed by atoms with Crippen LogP contribution in [0.5, 0.6) is 0 Å². The fourth-order valence-electron chi connectivity index (χ4n) is 3.51. The second-order valence-electron chi connectivity index (χ2n) is 6.62. The molecule has 0 amide bonds. The highest BCUT2D eigenvalue weighted by molar-refractivity contribution is 14.1. The number of anilines is 1. The fourth-order valence-corrected chi connectivity index (χ4v) is 4.22. The van der Waals surface area contributed by atoms with Gasteiger partial charge in [-0.25, -0.2) is 0 Å². The summed E-state index contributed by atoms with van der Waals surface area (Å²) in [4.78, 5) is 2.50. The van der Waals surface area contributed by atoms with Gasteiger partial charge in [0.15, 0.2) is 0 Å². The maximum Gasteiger partial charge on any atom is 0.0402 e. The summed E-state index contributed by atoms with van der Waals surface area (Å²) in [5, 5.41) is 0. The Labute approximate surface area is 138 Å². The molecule has 2 heteroatoms. The summed E-state index contributed by atoms with van der Waals surface area (Å²) in [7, 11) is 2.27. The molecule has 0 saturated heterocycles. The Morgan fingerprint density at radius 1 is 1.20 bits per heavy atom. The molecule has 2 rings (SSSR count). The lowest BCUT2D eigenvalue weighted by Gasteiger charge is -2.29. The van der Waals surface area contributed by atoms with Gasteiger partial charge < -0.3 is 4.90 Å². The number of halogens is 1. The Kier molecular flexibility index (Phi) is 5.38. The second-order valence-corrected chi connectivity index (χ2v) is 8.58. The highest BCUT2D eigenvalue weighted by atomic mass is 127. The van der Waals surface area contributed by atoms with Crippen LogP contribution in [0.2, 0.25) is 0 Å². The van der Waals surface area contributed by atoms with E-state index in [4.69, 9.17) is 0 Å². The van der Waals surface area contributed by atoms with Crippen molar-refractivity contribution in [1.29, 1.82) is 0 Å². The predicted octanol–water partition coefficient (Wildman–Crippen LogP) is 5.48. The van der Waals surface area contributed by atoms with Crippen molar-refractivity contribution in [2.24, 2.45) is 11.8 Å². The lowest BCUT2D eigenvalue weighted by atomic mass is 9.86. The molecule has 5 atom stereocenters. The van der Waals surface area contributed by atoms with E-state index in [1.165, 1.54) is 24.1 Å². The van der Waals surface area contributed by atoms with E-state index in [1.807, 2.05) is 0 Å². The zero-order valence-electron chi connectivity index (χ0n) is 13.4.